The quantitative estimate of drug-likeness (QED) is 0.787. The number of hydrogen-bond donors (Lipinski definition) is 0. The van der Waals surface area contributed by atoms with E-state index in [0.717, 1.165) is 7.05 Å². The maximum atomic E-state index is 12.7. The lowest BCUT2D eigenvalue weighted by molar-refractivity contribution is -0.179. The molecule has 1 amide bonds. The van der Waals surface area contributed by atoms with Crippen molar-refractivity contribution < 1.29 is 22.4 Å². The second-order valence-electron chi connectivity index (χ2n) is 3.44. The van der Waals surface area contributed by atoms with Gasteiger partial charge in [-0.05, 0) is 6.92 Å². The second-order valence-corrected chi connectivity index (χ2v) is 4.50. The predicted molar refractivity (Wildman–Crippen MR) is 54.3 cm³/mol. The lowest BCUT2D eigenvalue weighted by Gasteiger charge is -2.21. The van der Waals surface area contributed by atoms with E-state index in [-0.39, 0.29) is 6.54 Å². The molecule has 0 aromatic carbocycles. The van der Waals surface area contributed by atoms with E-state index in [0.29, 0.717) is 15.6 Å². The summed E-state index contributed by atoms with van der Waals surface area (Å²) in [5, 5.41) is 2.29. The number of amides is 1. The van der Waals surface area contributed by atoms with Crippen molar-refractivity contribution in [1.82, 2.24) is 9.88 Å². The molecule has 1 aromatic heterocycles. The highest BCUT2D eigenvalue weighted by Crippen LogP contribution is 2.25. The van der Waals surface area contributed by atoms with Gasteiger partial charge in [0.1, 0.15) is 0 Å². The molecule has 1 heterocycles. The fourth-order valence-electron chi connectivity index (χ4n) is 1.14. The summed E-state index contributed by atoms with van der Waals surface area (Å²) in [6, 6.07) is 0. The molecular formula is C9H10F4N2OS. The standard InChI is InChI=1S/C9H10F4N2OS/c1-5-14-6(4-17-5)3-15(2)8(16)9(12,13)7(10)11/h4,7H,3H2,1-2H3. The molecule has 1 aromatic rings. The Labute approximate surface area is 99.1 Å². The van der Waals surface area contributed by atoms with Gasteiger partial charge in [-0.15, -0.1) is 11.3 Å². The van der Waals surface area contributed by atoms with E-state index in [1.807, 2.05) is 0 Å². The van der Waals surface area contributed by atoms with Crippen molar-refractivity contribution in [2.24, 2.45) is 0 Å². The van der Waals surface area contributed by atoms with Gasteiger partial charge in [-0.3, -0.25) is 4.79 Å². The maximum absolute atomic E-state index is 12.7. The number of carbonyl (C=O) groups excluding carboxylic acids is 1. The molecule has 3 nitrogen and oxygen atoms in total. The minimum absolute atomic E-state index is 0.217. The van der Waals surface area contributed by atoms with Crippen molar-refractivity contribution in [1.29, 1.82) is 0 Å². The molecular weight excluding hydrogens is 260 g/mol. The Balaban J connectivity index is 2.71. The molecule has 0 saturated carbocycles. The Morgan fingerprint density at radius 3 is 2.59 bits per heavy atom. The Kier molecular flexibility index (Phi) is 4.07. The predicted octanol–water partition coefficient (Wildman–Crippen LogP) is 2.31. The fraction of sp³-hybridized carbons (Fsp3) is 0.556. The van der Waals surface area contributed by atoms with Gasteiger partial charge in [0.2, 0.25) is 0 Å². The summed E-state index contributed by atoms with van der Waals surface area (Å²) in [5.74, 6) is -6.56. The van der Waals surface area contributed by atoms with Gasteiger partial charge in [0.15, 0.2) is 0 Å². The van der Waals surface area contributed by atoms with E-state index in [2.05, 4.69) is 4.98 Å². The zero-order chi connectivity index (χ0) is 13.2. The molecule has 0 N–H and O–H groups in total. The number of rotatable bonds is 4. The summed E-state index contributed by atoms with van der Waals surface area (Å²) >= 11 is 1.29. The summed E-state index contributed by atoms with van der Waals surface area (Å²) < 4.78 is 49.4. The maximum Gasteiger partial charge on any atom is 0.383 e. The Morgan fingerprint density at radius 1 is 1.59 bits per heavy atom. The third kappa shape index (κ3) is 3.15. The van der Waals surface area contributed by atoms with Gasteiger partial charge >= 0.3 is 12.3 Å². The number of carbonyl (C=O) groups is 1. The summed E-state index contributed by atoms with van der Waals surface area (Å²) in [5.41, 5.74) is 0.397. The highest BCUT2D eigenvalue weighted by molar-refractivity contribution is 7.09. The number of nitrogens with zero attached hydrogens (tertiary/aromatic N) is 2. The largest absolute Gasteiger partial charge is 0.383 e. The first-order valence-electron chi connectivity index (χ1n) is 4.57. The molecule has 0 bridgehead atoms. The van der Waals surface area contributed by atoms with E-state index < -0.39 is 18.3 Å². The van der Waals surface area contributed by atoms with E-state index in [1.54, 1.807) is 12.3 Å². The lowest BCUT2D eigenvalue weighted by Crippen LogP contribution is -2.45. The van der Waals surface area contributed by atoms with Crippen LogP contribution in [0.5, 0.6) is 0 Å². The first-order valence-corrected chi connectivity index (χ1v) is 5.45. The summed E-state index contributed by atoms with van der Waals surface area (Å²) in [4.78, 5) is 15.6. The normalized spacial score (nSPS) is 11.9. The van der Waals surface area contributed by atoms with Crippen LogP contribution in [0.2, 0.25) is 0 Å². The van der Waals surface area contributed by atoms with Crippen LogP contribution in [0, 0.1) is 6.92 Å². The van der Waals surface area contributed by atoms with Crippen LogP contribution < -0.4 is 0 Å². The van der Waals surface area contributed by atoms with E-state index in [1.165, 1.54) is 11.3 Å². The highest BCUT2D eigenvalue weighted by Gasteiger charge is 2.50. The molecule has 0 atom stereocenters. The van der Waals surface area contributed by atoms with Crippen LogP contribution in [0.15, 0.2) is 5.38 Å². The number of aromatic nitrogens is 1. The molecule has 1 rings (SSSR count). The molecule has 17 heavy (non-hydrogen) atoms. The average Bonchev–Trinajstić information content (AvgIpc) is 2.62. The number of thiazole rings is 1. The SMILES string of the molecule is Cc1nc(CN(C)C(=O)C(F)(F)C(F)F)cs1. The third-order valence-electron chi connectivity index (χ3n) is 1.97. The van der Waals surface area contributed by atoms with Crippen molar-refractivity contribution in [3.63, 3.8) is 0 Å². The monoisotopic (exact) mass is 270 g/mol. The van der Waals surface area contributed by atoms with Crippen molar-refractivity contribution in [2.45, 2.75) is 25.8 Å². The molecule has 96 valence electrons. The van der Waals surface area contributed by atoms with E-state index >= 15 is 0 Å². The Morgan fingerprint density at radius 2 is 2.18 bits per heavy atom. The Hall–Kier alpha value is -1.18. The highest BCUT2D eigenvalue weighted by atomic mass is 32.1. The molecule has 0 aliphatic carbocycles. The van der Waals surface area contributed by atoms with Crippen LogP contribution >= 0.6 is 11.3 Å². The number of hydrogen-bond acceptors (Lipinski definition) is 3. The van der Waals surface area contributed by atoms with E-state index in [9.17, 15) is 22.4 Å². The molecule has 0 fully saturated rings. The third-order valence-corrected chi connectivity index (χ3v) is 2.79. The molecule has 8 heteroatoms. The van der Waals surface area contributed by atoms with Crippen LogP contribution in [0.3, 0.4) is 0 Å². The van der Waals surface area contributed by atoms with Crippen molar-refractivity contribution >= 4 is 17.2 Å². The van der Waals surface area contributed by atoms with Crippen LogP contribution in [0.25, 0.3) is 0 Å². The minimum Gasteiger partial charge on any atom is -0.334 e. The van der Waals surface area contributed by atoms with Gasteiger partial charge in [-0.1, -0.05) is 0 Å². The smallest absolute Gasteiger partial charge is 0.334 e. The number of halogens is 4. The van der Waals surface area contributed by atoms with Crippen molar-refractivity contribution in [2.75, 3.05) is 7.05 Å². The second kappa shape index (κ2) is 4.99. The van der Waals surface area contributed by atoms with Gasteiger partial charge in [0.05, 0.1) is 17.2 Å². The summed E-state index contributed by atoms with van der Waals surface area (Å²) in [7, 11) is 1.04. The molecule has 0 saturated heterocycles. The van der Waals surface area contributed by atoms with Crippen molar-refractivity contribution in [3.8, 4) is 0 Å². The molecule has 0 radical (unpaired) electrons. The van der Waals surface area contributed by atoms with Crippen LogP contribution in [0.4, 0.5) is 17.6 Å². The fourth-order valence-corrected chi connectivity index (χ4v) is 1.75. The lowest BCUT2D eigenvalue weighted by atomic mass is 10.3. The van der Waals surface area contributed by atoms with E-state index in [4.69, 9.17) is 0 Å². The van der Waals surface area contributed by atoms with Gasteiger partial charge in [0.25, 0.3) is 5.91 Å². The molecule has 0 spiro atoms. The number of aryl methyl sites for hydroxylation is 1. The van der Waals surface area contributed by atoms with Gasteiger partial charge in [0, 0.05) is 12.4 Å². The number of alkyl halides is 4. The molecule has 0 aliphatic rings. The topological polar surface area (TPSA) is 33.2 Å². The first-order chi connectivity index (χ1) is 7.75. The summed E-state index contributed by atoms with van der Waals surface area (Å²) in [6.07, 6.45) is -4.00. The first kappa shape index (κ1) is 13.9. The van der Waals surface area contributed by atoms with Gasteiger partial charge in [-0.2, -0.15) is 8.78 Å². The van der Waals surface area contributed by atoms with Crippen LogP contribution in [-0.2, 0) is 11.3 Å². The Bertz CT molecular complexity index is 407. The average molecular weight is 270 g/mol. The van der Waals surface area contributed by atoms with Crippen LogP contribution in [0.1, 0.15) is 10.7 Å². The molecule has 0 aliphatic heterocycles. The van der Waals surface area contributed by atoms with Gasteiger partial charge in [-0.25, -0.2) is 13.8 Å². The summed E-state index contributed by atoms with van der Waals surface area (Å²) in [6.45, 7) is 1.50. The minimum atomic E-state index is -4.65. The van der Waals surface area contributed by atoms with Gasteiger partial charge < -0.3 is 4.90 Å². The zero-order valence-corrected chi connectivity index (χ0v) is 9.90. The van der Waals surface area contributed by atoms with Crippen LogP contribution in [-0.4, -0.2) is 35.2 Å². The molecule has 0 unspecified atom stereocenters. The van der Waals surface area contributed by atoms with Crippen molar-refractivity contribution in [3.05, 3.63) is 16.1 Å². The zero-order valence-electron chi connectivity index (χ0n) is 9.08.